The predicted molar refractivity (Wildman–Crippen MR) is 83.1 cm³/mol. The minimum Gasteiger partial charge on any atom is -0.370 e. The molecule has 0 radical (unpaired) electrons. The van der Waals surface area contributed by atoms with E-state index in [-0.39, 0.29) is 6.10 Å². The SMILES string of the molecule is Clc1nc(C2CCCO2)nc(Cl)c1-c1ccc(Br)cc1. The summed E-state index contributed by atoms with van der Waals surface area (Å²) in [6.07, 6.45) is 1.83. The number of rotatable bonds is 2. The molecule has 0 aliphatic carbocycles. The summed E-state index contributed by atoms with van der Waals surface area (Å²) in [6.45, 7) is 0.734. The standard InChI is InChI=1S/C14H11BrCl2N2O/c15-9-5-3-8(4-6-9)11-12(16)18-14(19-13(11)17)10-2-1-7-20-10/h3-6,10H,1-2,7H2. The van der Waals surface area contributed by atoms with Crippen LogP contribution in [0.1, 0.15) is 24.8 Å². The molecule has 1 aliphatic rings. The second-order valence-electron chi connectivity index (χ2n) is 4.55. The zero-order valence-electron chi connectivity index (χ0n) is 10.4. The summed E-state index contributed by atoms with van der Waals surface area (Å²) in [5.74, 6) is 0.568. The Morgan fingerprint density at radius 1 is 1.10 bits per heavy atom. The highest BCUT2D eigenvalue weighted by molar-refractivity contribution is 9.10. The van der Waals surface area contributed by atoms with Crippen molar-refractivity contribution in [2.24, 2.45) is 0 Å². The molecule has 3 rings (SSSR count). The lowest BCUT2D eigenvalue weighted by Gasteiger charge is -2.12. The van der Waals surface area contributed by atoms with E-state index in [0.717, 1.165) is 29.5 Å². The second-order valence-corrected chi connectivity index (χ2v) is 6.18. The van der Waals surface area contributed by atoms with Crippen molar-refractivity contribution in [2.45, 2.75) is 18.9 Å². The van der Waals surface area contributed by atoms with Crippen LogP contribution in [0.3, 0.4) is 0 Å². The molecule has 3 nitrogen and oxygen atoms in total. The van der Waals surface area contributed by atoms with Crippen molar-refractivity contribution < 1.29 is 4.74 Å². The van der Waals surface area contributed by atoms with Gasteiger partial charge in [-0.3, -0.25) is 0 Å². The van der Waals surface area contributed by atoms with Gasteiger partial charge >= 0.3 is 0 Å². The third kappa shape index (κ3) is 2.84. The zero-order valence-corrected chi connectivity index (χ0v) is 13.5. The number of benzene rings is 1. The van der Waals surface area contributed by atoms with Crippen LogP contribution >= 0.6 is 39.1 Å². The molecule has 104 valence electrons. The number of halogens is 3. The average Bonchev–Trinajstić information content (AvgIpc) is 2.94. The van der Waals surface area contributed by atoms with Crippen molar-refractivity contribution in [2.75, 3.05) is 6.61 Å². The van der Waals surface area contributed by atoms with Crippen molar-refractivity contribution in [1.29, 1.82) is 0 Å². The zero-order chi connectivity index (χ0) is 14.1. The van der Waals surface area contributed by atoms with Gasteiger partial charge < -0.3 is 4.74 Å². The molecular formula is C14H11BrCl2N2O. The molecule has 0 spiro atoms. The molecule has 0 saturated carbocycles. The minimum absolute atomic E-state index is 0.0935. The van der Waals surface area contributed by atoms with Crippen molar-refractivity contribution in [3.05, 3.63) is 44.9 Å². The number of nitrogens with zero attached hydrogens (tertiary/aromatic N) is 2. The number of ether oxygens (including phenoxy) is 1. The topological polar surface area (TPSA) is 35.0 Å². The van der Waals surface area contributed by atoms with Crippen LogP contribution in [0.15, 0.2) is 28.7 Å². The predicted octanol–water partition coefficient (Wildman–Crippen LogP) is 5.06. The first-order valence-electron chi connectivity index (χ1n) is 6.25. The Bertz CT molecular complexity index is 605. The van der Waals surface area contributed by atoms with Crippen LogP contribution in [0.5, 0.6) is 0 Å². The van der Waals surface area contributed by atoms with Crippen molar-refractivity contribution >= 4 is 39.1 Å². The van der Waals surface area contributed by atoms with Crippen LogP contribution in [-0.4, -0.2) is 16.6 Å². The molecule has 0 N–H and O–H groups in total. The molecule has 6 heteroatoms. The molecular weight excluding hydrogens is 363 g/mol. The van der Waals surface area contributed by atoms with E-state index < -0.39 is 0 Å². The van der Waals surface area contributed by atoms with Gasteiger partial charge in [-0.15, -0.1) is 0 Å². The van der Waals surface area contributed by atoms with Gasteiger partial charge in [-0.05, 0) is 30.5 Å². The van der Waals surface area contributed by atoms with Crippen molar-refractivity contribution in [1.82, 2.24) is 9.97 Å². The Kier molecular flexibility index (Phi) is 4.26. The van der Waals surface area contributed by atoms with E-state index in [9.17, 15) is 0 Å². The van der Waals surface area contributed by atoms with Gasteiger partial charge in [0.15, 0.2) is 5.82 Å². The van der Waals surface area contributed by atoms with Gasteiger partial charge in [0.25, 0.3) is 0 Å². The lowest BCUT2D eigenvalue weighted by Crippen LogP contribution is -2.04. The maximum Gasteiger partial charge on any atom is 0.160 e. The molecule has 2 heterocycles. The van der Waals surface area contributed by atoms with Gasteiger partial charge in [-0.2, -0.15) is 0 Å². The van der Waals surface area contributed by atoms with Crippen molar-refractivity contribution in [3.8, 4) is 11.1 Å². The van der Waals surface area contributed by atoms with Gasteiger partial charge in [-0.1, -0.05) is 51.3 Å². The van der Waals surface area contributed by atoms with Crippen molar-refractivity contribution in [3.63, 3.8) is 0 Å². The third-order valence-electron chi connectivity index (χ3n) is 3.19. The average molecular weight is 374 g/mol. The highest BCUT2D eigenvalue weighted by Gasteiger charge is 2.23. The van der Waals surface area contributed by atoms with Crippen LogP contribution in [0.25, 0.3) is 11.1 Å². The van der Waals surface area contributed by atoms with E-state index in [1.54, 1.807) is 0 Å². The van der Waals surface area contributed by atoms with Gasteiger partial charge in [0.05, 0.1) is 5.56 Å². The number of hydrogen-bond acceptors (Lipinski definition) is 3. The van der Waals surface area contributed by atoms with E-state index in [0.29, 0.717) is 21.7 Å². The summed E-state index contributed by atoms with van der Waals surface area (Å²) in [4.78, 5) is 8.70. The Balaban J connectivity index is 2.02. The summed E-state index contributed by atoms with van der Waals surface area (Å²) in [7, 11) is 0. The van der Waals surface area contributed by atoms with Crippen LogP contribution < -0.4 is 0 Å². The largest absolute Gasteiger partial charge is 0.370 e. The van der Waals surface area contributed by atoms with Crippen LogP contribution in [0, 0.1) is 0 Å². The first kappa shape index (κ1) is 14.3. The van der Waals surface area contributed by atoms with E-state index in [2.05, 4.69) is 25.9 Å². The highest BCUT2D eigenvalue weighted by atomic mass is 79.9. The van der Waals surface area contributed by atoms with Crippen LogP contribution in [0.4, 0.5) is 0 Å². The molecule has 1 aromatic carbocycles. The fourth-order valence-electron chi connectivity index (χ4n) is 2.20. The number of hydrogen-bond donors (Lipinski definition) is 0. The van der Waals surface area contributed by atoms with Gasteiger partial charge in [0.2, 0.25) is 0 Å². The fraction of sp³-hybridized carbons (Fsp3) is 0.286. The second kappa shape index (κ2) is 5.98. The normalized spacial score (nSPS) is 18.4. The summed E-state index contributed by atoms with van der Waals surface area (Å²) in [5, 5.41) is 0.718. The molecule has 1 aromatic heterocycles. The Labute approximate surface area is 135 Å². The Hall–Kier alpha value is -0.680. The highest BCUT2D eigenvalue weighted by Crippen LogP contribution is 2.35. The van der Waals surface area contributed by atoms with E-state index in [4.69, 9.17) is 27.9 Å². The molecule has 0 amide bonds. The summed E-state index contributed by atoms with van der Waals surface area (Å²) in [6, 6.07) is 7.70. The molecule has 2 aromatic rings. The van der Waals surface area contributed by atoms with E-state index in [1.807, 2.05) is 24.3 Å². The quantitative estimate of drug-likeness (QED) is 0.689. The van der Waals surface area contributed by atoms with E-state index in [1.165, 1.54) is 0 Å². The summed E-state index contributed by atoms with van der Waals surface area (Å²) >= 11 is 16.0. The first-order chi connectivity index (χ1) is 9.65. The van der Waals surface area contributed by atoms with Crippen LogP contribution in [-0.2, 0) is 4.74 Å². The minimum atomic E-state index is -0.0935. The van der Waals surface area contributed by atoms with Crippen LogP contribution in [0.2, 0.25) is 10.3 Å². The lowest BCUT2D eigenvalue weighted by molar-refractivity contribution is 0.105. The monoisotopic (exact) mass is 372 g/mol. The molecule has 1 fully saturated rings. The van der Waals surface area contributed by atoms with Gasteiger partial charge in [0.1, 0.15) is 16.4 Å². The maximum absolute atomic E-state index is 6.28. The molecule has 0 bridgehead atoms. The fourth-order valence-corrected chi connectivity index (χ4v) is 3.09. The molecule has 20 heavy (non-hydrogen) atoms. The Morgan fingerprint density at radius 3 is 2.30 bits per heavy atom. The summed E-state index contributed by atoms with van der Waals surface area (Å²) in [5.41, 5.74) is 1.55. The third-order valence-corrected chi connectivity index (χ3v) is 4.26. The van der Waals surface area contributed by atoms with Gasteiger partial charge in [0, 0.05) is 11.1 Å². The molecule has 1 unspecified atom stereocenters. The Morgan fingerprint density at radius 2 is 1.75 bits per heavy atom. The van der Waals surface area contributed by atoms with E-state index >= 15 is 0 Å². The first-order valence-corrected chi connectivity index (χ1v) is 7.80. The smallest absolute Gasteiger partial charge is 0.160 e. The molecule has 1 aliphatic heterocycles. The lowest BCUT2D eigenvalue weighted by atomic mass is 10.1. The summed E-state index contributed by atoms with van der Waals surface area (Å²) < 4.78 is 6.55. The number of aromatic nitrogens is 2. The molecule has 1 saturated heterocycles. The molecule has 1 atom stereocenters. The van der Waals surface area contributed by atoms with Gasteiger partial charge in [-0.25, -0.2) is 9.97 Å². The maximum atomic E-state index is 6.28.